The van der Waals surface area contributed by atoms with E-state index in [9.17, 15) is 14.0 Å². The van der Waals surface area contributed by atoms with Gasteiger partial charge in [-0.25, -0.2) is 9.18 Å². The maximum Gasteiger partial charge on any atom is 0.341 e. The number of carbonyl (C=O) groups excluding carboxylic acids is 2. The highest BCUT2D eigenvalue weighted by atomic mass is 19.1. The second kappa shape index (κ2) is 8.97. The first-order chi connectivity index (χ1) is 12.0. The molecule has 2 atom stereocenters. The molecule has 2 rings (SSSR count). The van der Waals surface area contributed by atoms with Gasteiger partial charge in [-0.3, -0.25) is 4.79 Å². The van der Waals surface area contributed by atoms with Crippen LogP contribution >= 0.6 is 0 Å². The highest BCUT2D eigenvalue weighted by molar-refractivity contribution is 5.92. The average Bonchev–Trinajstić information content (AvgIpc) is 2.63. The van der Waals surface area contributed by atoms with Crippen LogP contribution in [-0.4, -0.2) is 24.5 Å². The van der Waals surface area contributed by atoms with E-state index in [0.717, 1.165) is 12.0 Å². The zero-order valence-electron chi connectivity index (χ0n) is 14.4. The minimum atomic E-state index is -1.000. The van der Waals surface area contributed by atoms with Crippen molar-refractivity contribution in [3.05, 3.63) is 71.5 Å². The summed E-state index contributed by atoms with van der Waals surface area (Å²) in [4.78, 5) is 24.1. The molecule has 2 aromatic carbocycles. The first-order valence-corrected chi connectivity index (χ1v) is 8.31. The van der Waals surface area contributed by atoms with Gasteiger partial charge in [0.25, 0.3) is 5.91 Å². The van der Waals surface area contributed by atoms with Gasteiger partial charge in [0.15, 0.2) is 6.10 Å². The number of amides is 1. The molecule has 4 nitrogen and oxygen atoms in total. The van der Waals surface area contributed by atoms with Crippen LogP contribution in [0.2, 0.25) is 0 Å². The molecule has 0 fully saturated rings. The summed E-state index contributed by atoms with van der Waals surface area (Å²) in [6.45, 7) is 3.96. The molecule has 0 saturated carbocycles. The van der Waals surface area contributed by atoms with E-state index < -0.39 is 23.8 Å². The van der Waals surface area contributed by atoms with Crippen molar-refractivity contribution in [2.75, 3.05) is 6.54 Å². The fourth-order valence-electron chi connectivity index (χ4n) is 2.49. The van der Waals surface area contributed by atoms with E-state index in [2.05, 4.69) is 5.32 Å². The van der Waals surface area contributed by atoms with Crippen LogP contribution in [0.15, 0.2) is 54.6 Å². The zero-order valence-corrected chi connectivity index (χ0v) is 14.4. The lowest BCUT2D eigenvalue weighted by Gasteiger charge is -2.18. The molecule has 1 N–H and O–H groups in total. The molecule has 0 saturated heterocycles. The van der Waals surface area contributed by atoms with Gasteiger partial charge >= 0.3 is 5.97 Å². The maximum absolute atomic E-state index is 13.6. The largest absolute Gasteiger partial charge is 0.449 e. The van der Waals surface area contributed by atoms with Gasteiger partial charge < -0.3 is 10.1 Å². The van der Waals surface area contributed by atoms with Crippen LogP contribution in [0.25, 0.3) is 0 Å². The number of carbonyl (C=O) groups is 2. The van der Waals surface area contributed by atoms with Gasteiger partial charge in [-0.1, -0.05) is 49.4 Å². The Kier molecular flexibility index (Phi) is 6.69. The van der Waals surface area contributed by atoms with E-state index in [0.29, 0.717) is 6.54 Å². The second-order valence-corrected chi connectivity index (χ2v) is 5.79. The molecule has 2 aromatic rings. The number of ether oxygens (including phenoxy) is 1. The molecule has 0 unspecified atom stereocenters. The zero-order chi connectivity index (χ0) is 18.2. The van der Waals surface area contributed by atoms with Crippen LogP contribution in [0.3, 0.4) is 0 Å². The molecule has 5 heteroatoms. The molecule has 0 bridgehead atoms. The Labute approximate surface area is 147 Å². The van der Waals surface area contributed by atoms with Crippen molar-refractivity contribution in [3.63, 3.8) is 0 Å². The summed E-state index contributed by atoms with van der Waals surface area (Å²) in [5.41, 5.74) is 0.958. The van der Waals surface area contributed by atoms with E-state index in [-0.39, 0.29) is 11.5 Å². The predicted molar refractivity (Wildman–Crippen MR) is 93.8 cm³/mol. The number of rotatable bonds is 7. The lowest BCUT2D eigenvalue weighted by molar-refractivity contribution is -0.129. The fourth-order valence-corrected chi connectivity index (χ4v) is 2.49. The summed E-state index contributed by atoms with van der Waals surface area (Å²) in [7, 11) is 0. The molecule has 0 radical (unpaired) electrons. The average molecular weight is 343 g/mol. The van der Waals surface area contributed by atoms with Gasteiger partial charge in [0.1, 0.15) is 5.82 Å². The van der Waals surface area contributed by atoms with Crippen LogP contribution in [0, 0.1) is 5.82 Å². The SMILES string of the molecule is CC[C@H](CNC(=O)[C@H](C)OC(=O)c1ccccc1F)c1ccccc1. The van der Waals surface area contributed by atoms with Crippen LogP contribution in [0.5, 0.6) is 0 Å². The third-order valence-corrected chi connectivity index (χ3v) is 4.03. The Hall–Kier alpha value is -2.69. The standard InChI is InChI=1S/C20H22FNO3/c1-3-15(16-9-5-4-6-10-16)13-22-19(23)14(2)25-20(24)17-11-7-8-12-18(17)21/h4-12,14-15H,3,13H2,1-2H3,(H,22,23)/t14-,15+/m0/s1. The van der Waals surface area contributed by atoms with Gasteiger partial charge in [0.2, 0.25) is 0 Å². The smallest absolute Gasteiger partial charge is 0.341 e. The molecular weight excluding hydrogens is 321 g/mol. The molecule has 132 valence electrons. The molecule has 0 aliphatic rings. The molecule has 1 amide bonds. The molecule has 25 heavy (non-hydrogen) atoms. The van der Waals surface area contributed by atoms with E-state index in [1.165, 1.54) is 31.2 Å². The number of nitrogens with one attached hydrogen (secondary N) is 1. The summed E-state index contributed by atoms with van der Waals surface area (Å²) in [6, 6.07) is 15.4. The minimum absolute atomic E-state index is 0.180. The number of halogens is 1. The molecule has 0 aliphatic carbocycles. The van der Waals surface area contributed by atoms with Crippen molar-refractivity contribution < 1.29 is 18.7 Å². The first-order valence-electron chi connectivity index (χ1n) is 8.31. The van der Waals surface area contributed by atoms with E-state index >= 15 is 0 Å². The monoisotopic (exact) mass is 343 g/mol. The van der Waals surface area contributed by atoms with Crippen molar-refractivity contribution in [2.45, 2.75) is 32.3 Å². The quantitative estimate of drug-likeness (QED) is 0.780. The van der Waals surface area contributed by atoms with Crippen molar-refractivity contribution in [1.29, 1.82) is 0 Å². The van der Waals surface area contributed by atoms with Gasteiger partial charge in [0, 0.05) is 12.5 Å². The highest BCUT2D eigenvalue weighted by Crippen LogP contribution is 2.18. The van der Waals surface area contributed by atoms with E-state index in [1.807, 2.05) is 37.3 Å². The van der Waals surface area contributed by atoms with Crippen molar-refractivity contribution in [1.82, 2.24) is 5.32 Å². The molecular formula is C20H22FNO3. The molecule has 0 aromatic heterocycles. The highest BCUT2D eigenvalue weighted by Gasteiger charge is 2.21. The lowest BCUT2D eigenvalue weighted by atomic mass is 9.96. The number of esters is 1. The van der Waals surface area contributed by atoms with Gasteiger partial charge in [-0.05, 0) is 31.0 Å². The van der Waals surface area contributed by atoms with Gasteiger partial charge in [-0.15, -0.1) is 0 Å². The Morgan fingerprint density at radius 2 is 1.72 bits per heavy atom. The molecule has 0 heterocycles. The summed E-state index contributed by atoms with van der Waals surface area (Å²) in [6.07, 6.45) is -0.131. The van der Waals surface area contributed by atoms with Crippen molar-refractivity contribution in [3.8, 4) is 0 Å². The Morgan fingerprint density at radius 3 is 2.36 bits per heavy atom. The number of hydrogen-bond donors (Lipinski definition) is 1. The first kappa shape index (κ1) is 18.6. The molecule has 0 spiro atoms. The third kappa shape index (κ3) is 5.14. The van der Waals surface area contributed by atoms with Gasteiger partial charge in [0.05, 0.1) is 5.56 Å². The topological polar surface area (TPSA) is 55.4 Å². The van der Waals surface area contributed by atoms with Crippen LogP contribution in [0.4, 0.5) is 4.39 Å². The fraction of sp³-hybridized carbons (Fsp3) is 0.300. The Balaban J connectivity index is 1.90. The Bertz CT molecular complexity index is 718. The lowest BCUT2D eigenvalue weighted by Crippen LogP contribution is -2.38. The summed E-state index contributed by atoms with van der Waals surface area (Å²) >= 11 is 0. The van der Waals surface area contributed by atoms with Crippen molar-refractivity contribution in [2.24, 2.45) is 0 Å². The van der Waals surface area contributed by atoms with E-state index in [4.69, 9.17) is 4.74 Å². The van der Waals surface area contributed by atoms with Crippen LogP contribution in [-0.2, 0) is 9.53 Å². The summed E-state index contributed by atoms with van der Waals surface area (Å²) in [5, 5.41) is 2.79. The van der Waals surface area contributed by atoms with Crippen LogP contribution < -0.4 is 5.32 Å². The summed E-state index contributed by atoms with van der Waals surface area (Å²) < 4.78 is 18.6. The predicted octanol–water partition coefficient (Wildman–Crippen LogP) is 3.68. The minimum Gasteiger partial charge on any atom is -0.449 e. The van der Waals surface area contributed by atoms with E-state index in [1.54, 1.807) is 0 Å². The summed E-state index contributed by atoms with van der Waals surface area (Å²) in [5.74, 6) is -1.75. The number of hydrogen-bond acceptors (Lipinski definition) is 3. The van der Waals surface area contributed by atoms with Crippen molar-refractivity contribution >= 4 is 11.9 Å². The number of benzene rings is 2. The second-order valence-electron chi connectivity index (χ2n) is 5.79. The molecule has 0 aliphatic heterocycles. The van der Waals surface area contributed by atoms with Crippen LogP contribution in [0.1, 0.15) is 42.1 Å². The third-order valence-electron chi connectivity index (χ3n) is 4.03. The normalized spacial score (nSPS) is 12.9. The maximum atomic E-state index is 13.6. The van der Waals surface area contributed by atoms with Gasteiger partial charge in [-0.2, -0.15) is 0 Å². The Morgan fingerprint density at radius 1 is 1.08 bits per heavy atom.